The minimum absolute atomic E-state index is 0.716. The summed E-state index contributed by atoms with van der Waals surface area (Å²) in [6.07, 6.45) is 0.716. The topological polar surface area (TPSA) is 109 Å². The Hall–Kier alpha value is -0.720. The van der Waals surface area contributed by atoms with Crippen LogP contribution in [0, 0.1) is 0 Å². The second-order valence-corrected chi connectivity index (χ2v) is 4.44. The summed E-state index contributed by atoms with van der Waals surface area (Å²) < 4.78 is 23.5. The highest BCUT2D eigenvalue weighted by molar-refractivity contribution is 7.68. The predicted molar refractivity (Wildman–Crippen MR) is 36.0 cm³/mol. The lowest BCUT2D eigenvalue weighted by atomic mass is 10.5. The number of ether oxygens (including phenoxy) is 1. The van der Waals surface area contributed by atoms with Crippen molar-refractivity contribution in [2.75, 3.05) is 0 Å². The molecule has 2 aliphatic heterocycles. The number of fused-ring (bicyclic) bond motifs is 1. The highest BCUT2D eigenvalue weighted by Gasteiger charge is 3.01. The van der Waals surface area contributed by atoms with E-state index < -0.39 is 25.1 Å². The number of rotatable bonds is 3. The van der Waals surface area contributed by atoms with Crippen molar-refractivity contribution in [1.82, 2.24) is 0 Å². The lowest BCUT2D eigenvalue weighted by Crippen LogP contribution is -2.44. The third-order valence-corrected chi connectivity index (χ3v) is 3.46. The second kappa shape index (κ2) is 2.02. The zero-order valence-corrected chi connectivity index (χ0v) is 7.06. The van der Waals surface area contributed by atoms with Gasteiger partial charge in [-0.1, -0.05) is 6.58 Å². The molecule has 0 aliphatic carbocycles. The van der Waals surface area contributed by atoms with E-state index in [1.54, 1.807) is 0 Å². The van der Waals surface area contributed by atoms with Crippen LogP contribution in [0.15, 0.2) is 12.7 Å². The van der Waals surface area contributed by atoms with Gasteiger partial charge in [-0.3, -0.25) is 13.6 Å². The first-order chi connectivity index (χ1) is 5.87. The number of hydrogen-bond acceptors (Lipinski definition) is 7. The van der Waals surface area contributed by atoms with Crippen LogP contribution in [0.4, 0.5) is 0 Å². The van der Waals surface area contributed by atoms with E-state index in [0.717, 1.165) is 0 Å². The molecule has 0 aromatic rings. The normalized spacial score (nSPS) is 40.5. The highest BCUT2D eigenvalue weighted by Crippen LogP contribution is 2.99. The molecule has 0 saturated carbocycles. The molecule has 0 radical (unpaired) electrons. The fraction of sp³-hybridized carbons (Fsp3) is 0.400. The quantitative estimate of drug-likeness (QED) is 0.206. The van der Waals surface area contributed by atoms with Gasteiger partial charge in [0, 0.05) is 6.08 Å². The molecule has 2 aliphatic rings. The summed E-state index contributed by atoms with van der Waals surface area (Å²) in [5, 5.41) is 18.1. The lowest BCUT2D eigenvalue weighted by Gasteiger charge is -2.18. The van der Waals surface area contributed by atoms with Gasteiger partial charge in [0.25, 0.3) is 0 Å². The van der Waals surface area contributed by atoms with Crippen molar-refractivity contribution >= 4 is 13.6 Å². The summed E-state index contributed by atoms with van der Waals surface area (Å²) in [5.41, 5.74) is -2.04. The molecule has 0 aromatic carbocycles. The van der Waals surface area contributed by atoms with Gasteiger partial charge < -0.3 is 14.9 Å². The van der Waals surface area contributed by atoms with E-state index in [9.17, 15) is 9.36 Å². The van der Waals surface area contributed by atoms with Crippen molar-refractivity contribution in [3.8, 4) is 0 Å². The van der Waals surface area contributed by atoms with Crippen LogP contribution in [0.3, 0.4) is 0 Å². The molecule has 7 nitrogen and oxygen atoms in total. The predicted octanol–water partition coefficient (Wildman–Crippen LogP) is -0.739. The smallest absolute Gasteiger partial charge is 0.400 e. The SMILES string of the molecule is C=CC(=O)OC(O)(O)C12OP1(=O)O2. The van der Waals surface area contributed by atoms with Crippen LogP contribution in [0.1, 0.15) is 0 Å². The summed E-state index contributed by atoms with van der Waals surface area (Å²) in [5.74, 6) is -4.11. The third kappa shape index (κ3) is 0.932. The van der Waals surface area contributed by atoms with Crippen LogP contribution in [0.2, 0.25) is 0 Å². The van der Waals surface area contributed by atoms with Crippen molar-refractivity contribution in [1.29, 1.82) is 0 Å². The van der Waals surface area contributed by atoms with Crippen molar-refractivity contribution < 1.29 is 33.4 Å². The molecule has 13 heavy (non-hydrogen) atoms. The Morgan fingerprint density at radius 3 is 2.38 bits per heavy atom. The van der Waals surface area contributed by atoms with E-state index >= 15 is 0 Å². The molecule has 0 amide bonds. The fourth-order valence-corrected chi connectivity index (χ4v) is 2.46. The monoisotopic (exact) mass is 208 g/mol. The summed E-state index contributed by atoms with van der Waals surface area (Å²) in [4.78, 5) is 10.6. The Bertz CT molecular complexity index is 335. The van der Waals surface area contributed by atoms with Gasteiger partial charge in [-0.15, -0.1) is 0 Å². The highest BCUT2D eigenvalue weighted by atomic mass is 31.2. The summed E-state index contributed by atoms with van der Waals surface area (Å²) in [7, 11) is -3.35. The van der Waals surface area contributed by atoms with Crippen molar-refractivity contribution in [3.63, 3.8) is 0 Å². The Morgan fingerprint density at radius 2 is 2.08 bits per heavy atom. The van der Waals surface area contributed by atoms with E-state index in [1.807, 2.05) is 0 Å². The van der Waals surface area contributed by atoms with Gasteiger partial charge in [0.15, 0.2) is 0 Å². The molecule has 2 N–H and O–H groups in total. The molecule has 0 aromatic heterocycles. The third-order valence-electron chi connectivity index (χ3n) is 1.60. The van der Waals surface area contributed by atoms with Gasteiger partial charge in [0.2, 0.25) is 0 Å². The molecule has 0 spiro atoms. The van der Waals surface area contributed by atoms with Gasteiger partial charge in [0.05, 0.1) is 0 Å². The number of carbonyl (C=O) groups is 1. The van der Waals surface area contributed by atoms with E-state index in [4.69, 9.17) is 10.2 Å². The van der Waals surface area contributed by atoms with Crippen LogP contribution in [-0.2, 0) is 23.1 Å². The van der Waals surface area contributed by atoms with Gasteiger partial charge in [-0.25, -0.2) is 4.79 Å². The molecule has 72 valence electrons. The average molecular weight is 208 g/mol. The maximum absolute atomic E-state index is 10.9. The lowest BCUT2D eigenvalue weighted by molar-refractivity contribution is -0.369. The standard InChI is InChI=1S/C5H5O7P/c1-2-3(6)10-4(7,8)5-11-13(5,9)12-5/h2,7-8H,1H2. The van der Waals surface area contributed by atoms with Crippen molar-refractivity contribution in [2.24, 2.45) is 0 Å². The van der Waals surface area contributed by atoms with Crippen LogP contribution < -0.4 is 0 Å². The maximum Gasteiger partial charge on any atom is 0.407 e. The minimum Gasteiger partial charge on any atom is -0.400 e. The van der Waals surface area contributed by atoms with E-state index in [0.29, 0.717) is 6.08 Å². The van der Waals surface area contributed by atoms with Crippen molar-refractivity contribution in [2.45, 2.75) is 11.5 Å². The van der Waals surface area contributed by atoms with Crippen molar-refractivity contribution in [3.05, 3.63) is 12.7 Å². The first-order valence-electron chi connectivity index (χ1n) is 3.19. The number of esters is 1. The molecule has 0 unspecified atom stereocenters. The minimum atomic E-state index is -3.35. The Labute approximate surface area is 72.1 Å². The molecule has 2 heterocycles. The molecule has 2 rings (SSSR count). The van der Waals surface area contributed by atoms with Crippen LogP contribution in [0.25, 0.3) is 0 Å². The maximum atomic E-state index is 10.9. The Kier molecular flexibility index (Phi) is 1.38. The number of carbonyl (C=O) groups excluding carboxylic acids is 1. The molecule has 2 saturated heterocycles. The molecular weight excluding hydrogens is 203 g/mol. The van der Waals surface area contributed by atoms with E-state index in [1.165, 1.54) is 0 Å². The molecule has 0 bridgehead atoms. The van der Waals surface area contributed by atoms with Gasteiger partial charge >= 0.3 is 25.1 Å². The zero-order chi connectivity index (χ0) is 9.91. The molecule has 2 fully saturated rings. The number of aliphatic hydroxyl groups is 2. The summed E-state index contributed by atoms with van der Waals surface area (Å²) >= 11 is 0. The summed E-state index contributed by atoms with van der Waals surface area (Å²) in [6, 6.07) is 0. The van der Waals surface area contributed by atoms with Gasteiger partial charge in [-0.05, 0) is 0 Å². The van der Waals surface area contributed by atoms with Crippen LogP contribution in [-0.4, -0.2) is 27.7 Å². The average Bonchev–Trinajstić information content (AvgIpc) is 2.73. The second-order valence-electron chi connectivity index (χ2n) is 2.50. The molecule has 0 atom stereocenters. The van der Waals surface area contributed by atoms with E-state index in [2.05, 4.69) is 20.4 Å². The molecular formula is C5H5O7P. The van der Waals surface area contributed by atoms with Gasteiger partial charge in [-0.2, -0.15) is 0 Å². The zero-order valence-electron chi connectivity index (χ0n) is 6.17. The fourth-order valence-electron chi connectivity index (χ4n) is 0.836. The largest absolute Gasteiger partial charge is 0.407 e. The first-order valence-corrected chi connectivity index (χ1v) is 4.73. The van der Waals surface area contributed by atoms with Gasteiger partial charge in [0.1, 0.15) is 0 Å². The first kappa shape index (κ1) is 8.86. The van der Waals surface area contributed by atoms with E-state index in [-0.39, 0.29) is 0 Å². The number of hydrogen-bond donors (Lipinski definition) is 2. The Balaban J connectivity index is 2.10. The Morgan fingerprint density at radius 1 is 1.62 bits per heavy atom. The molecule has 8 heteroatoms. The van der Waals surface area contributed by atoms with Crippen LogP contribution in [0.5, 0.6) is 0 Å². The summed E-state index contributed by atoms with van der Waals surface area (Å²) in [6.45, 7) is 3.03. The van der Waals surface area contributed by atoms with Crippen LogP contribution >= 0.6 is 7.60 Å².